The number of nitrogen functional groups attached to an aromatic ring is 2. The van der Waals surface area contributed by atoms with Crippen LogP contribution in [0, 0.1) is 0 Å². The number of fused-ring (bicyclic) bond motifs is 2. The highest BCUT2D eigenvalue weighted by Gasteiger charge is 2.44. The molecule has 4 atom stereocenters. The molecule has 46 heavy (non-hydrogen) atoms. The van der Waals surface area contributed by atoms with Gasteiger partial charge < -0.3 is 36.1 Å². The van der Waals surface area contributed by atoms with Gasteiger partial charge in [-0.1, -0.05) is 76.6 Å². The molecule has 1 aliphatic heterocycles. The molecule has 0 saturated carbocycles. The Morgan fingerprint density at radius 3 is 2.09 bits per heavy atom. The van der Waals surface area contributed by atoms with Crippen LogP contribution in [0.2, 0.25) is 0 Å². The van der Waals surface area contributed by atoms with E-state index in [4.69, 9.17) is 21.3 Å². The molecule has 0 radical (unpaired) electrons. The average Bonchev–Trinajstić information content (AvgIpc) is 3.74. The summed E-state index contributed by atoms with van der Waals surface area (Å²) in [5.74, 6) is -0.0199. The number of rotatable bonds is 5. The average molecular weight is 696 g/mol. The highest BCUT2D eigenvalue weighted by molar-refractivity contribution is 9.08. The zero-order valence-corrected chi connectivity index (χ0v) is 25.7. The van der Waals surface area contributed by atoms with Crippen LogP contribution < -0.4 is 22.6 Å². The summed E-state index contributed by atoms with van der Waals surface area (Å²) in [7, 11) is 0. The molecule has 5 heterocycles. The number of hydrogen-bond donors (Lipinski definition) is 7. The van der Waals surface area contributed by atoms with Crippen LogP contribution in [-0.4, -0.2) is 79.3 Å². The number of aliphatic hydroxyl groups is 3. The summed E-state index contributed by atoms with van der Waals surface area (Å²) < 4.78 is 8.40. The topological polar surface area (TPSA) is 249 Å². The Balaban J connectivity index is 0.000000148. The third-order valence-corrected chi connectivity index (χ3v) is 7.58. The number of alkyl halides is 1. The van der Waals surface area contributed by atoms with E-state index >= 15 is 0 Å². The van der Waals surface area contributed by atoms with E-state index in [2.05, 4.69) is 58.0 Å². The zero-order valence-electron chi connectivity index (χ0n) is 24.1. The van der Waals surface area contributed by atoms with Crippen LogP contribution in [0.3, 0.4) is 0 Å². The van der Waals surface area contributed by atoms with Gasteiger partial charge >= 0.3 is 0 Å². The lowest BCUT2D eigenvalue weighted by molar-refractivity contribution is -0.0511. The molecule has 17 heteroatoms. The highest BCUT2D eigenvalue weighted by atomic mass is 79.9. The summed E-state index contributed by atoms with van der Waals surface area (Å²) in [6, 6.07) is 20.1. The number of anilines is 2. The van der Waals surface area contributed by atoms with Gasteiger partial charge in [0.05, 0.1) is 19.3 Å². The van der Waals surface area contributed by atoms with Crippen LogP contribution in [-0.2, 0) is 16.6 Å². The second-order valence-electron chi connectivity index (χ2n) is 10.1. The Kier molecular flexibility index (Phi) is 10.2. The number of aromatic nitrogens is 8. The van der Waals surface area contributed by atoms with Gasteiger partial charge in [0.25, 0.3) is 11.1 Å². The summed E-state index contributed by atoms with van der Waals surface area (Å²) in [6.07, 6.45) is -1.62. The quantitative estimate of drug-likeness (QED) is 0.123. The standard InChI is InChI=1S/C12H11N5O.C10H13N5O5.C7H7Br/c13-12-15-10-9(11(18)16-12)17(7-14-10)6-8-4-2-1-3-5-8;11-10-13-7-4(8(19)14-10)12-2-15(7)9-6(18)5(17)3(1-16)20-9;8-6-7-4-2-1-3-5-7/h1-5,7H,6H2,(H3,13,15,16,18);2-3,5-6,9,16-18H,1H2,(H3,11,13,14,19);1-5H,6H2/t;3-,5-,6-,9+;/m.0./s1. The first-order chi connectivity index (χ1) is 22.2. The number of imidazole rings is 2. The molecule has 2 aromatic carbocycles. The van der Waals surface area contributed by atoms with E-state index in [9.17, 15) is 19.8 Å². The number of nitrogens with two attached hydrogens (primary N) is 2. The number of halogens is 1. The fourth-order valence-corrected chi connectivity index (χ4v) is 5.08. The largest absolute Gasteiger partial charge is 0.394 e. The number of benzene rings is 2. The molecule has 0 bridgehead atoms. The monoisotopic (exact) mass is 694 g/mol. The lowest BCUT2D eigenvalue weighted by Gasteiger charge is -2.16. The third-order valence-electron chi connectivity index (χ3n) is 6.94. The number of aliphatic hydroxyl groups excluding tert-OH is 3. The van der Waals surface area contributed by atoms with E-state index < -0.39 is 36.7 Å². The first-order valence-electron chi connectivity index (χ1n) is 13.9. The number of nitrogens with zero attached hydrogens (tertiary/aromatic N) is 6. The minimum atomic E-state index is -1.29. The van der Waals surface area contributed by atoms with Gasteiger partial charge in [-0.25, -0.2) is 9.97 Å². The smallest absolute Gasteiger partial charge is 0.280 e. The molecular formula is C29H31BrN10O6. The van der Waals surface area contributed by atoms with E-state index in [-0.39, 0.29) is 28.6 Å². The predicted octanol–water partition coefficient (Wildman–Crippen LogP) is 0.645. The van der Waals surface area contributed by atoms with Crippen molar-refractivity contribution in [3.63, 3.8) is 0 Å². The predicted molar refractivity (Wildman–Crippen MR) is 173 cm³/mol. The Morgan fingerprint density at radius 2 is 1.48 bits per heavy atom. The summed E-state index contributed by atoms with van der Waals surface area (Å²) in [5, 5.41) is 29.7. The lowest BCUT2D eigenvalue weighted by atomic mass is 10.1. The normalized spacial score (nSPS) is 19.0. The minimum absolute atomic E-state index is 0.0388. The second-order valence-corrected chi connectivity index (χ2v) is 10.7. The van der Waals surface area contributed by atoms with Crippen LogP contribution in [0.4, 0.5) is 11.9 Å². The number of ether oxygens (including phenoxy) is 1. The van der Waals surface area contributed by atoms with Gasteiger partial charge in [0.1, 0.15) is 18.3 Å². The summed E-state index contributed by atoms with van der Waals surface area (Å²) in [4.78, 5) is 44.2. The van der Waals surface area contributed by atoms with Crippen molar-refractivity contribution in [3.8, 4) is 0 Å². The van der Waals surface area contributed by atoms with Crippen LogP contribution in [0.15, 0.2) is 82.9 Å². The maximum atomic E-state index is 11.8. The molecule has 1 fully saturated rings. The van der Waals surface area contributed by atoms with E-state index in [0.717, 1.165) is 10.9 Å². The molecule has 1 saturated heterocycles. The van der Waals surface area contributed by atoms with Crippen molar-refractivity contribution < 1.29 is 20.1 Å². The maximum Gasteiger partial charge on any atom is 0.280 e. The van der Waals surface area contributed by atoms with Crippen molar-refractivity contribution in [1.82, 2.24) is 39.0 Å². The molecule has 1 aliphatic rings. The van der Waals surface area contributed by atoms with Crippen molar-refractivity contribution in [2.45, 2.75) is 36.4 Å². The van der Waals surface area contributed by atoms with Gasteiger partial charge in [-0.2, -0.15) is 9.97 Å². The second kappa shape index (κ2) is 14.4. The van der Waals surface area contributed by atoms with E-state index in [0.29, 0.717) is 17.7 Å². The molecule has 16 nitrogen and oxygen atoms in total. The van der Waals surface area contributed by atoms with E-state index in [1.165, 1.54) is 16.5 Å². The molecule has 7 rings (SSSR count). The fourth-order valence-electron chi connectivity index (χ4n) is 4.71. The van der Waals surface area contributed by atoms with Crippen LogP contribution >= 0.6 is 15.9 Å². The molecule has 6 aromatic rings. The van der Waals surface area contributed by atoms with Crippen LogP contribution in [0.25, 0.3) is 22.3 Å². The Hall–Kier alpha value is -4.94. The molecule has 0 unspecified atom stereocenters. The number of aromatic amines is 2. The molecule has 4 aromatic heterocycles. The minimum Gasteiger partial charge on any atom is -0.394 e. The van der Waals surface area contributed by atoms with Crippen molar-refractivity contribution in [1.29, 1.82) is 0 Å². The maximum absolute atomic E-state index is 11.8. The molecule has 240 valence electrons. The van der Waals surface area contributed by atoms with Crippen molar-refractivity contribution in [3.05, 3.63) is 105 Å². The first kappa shape index (κ1) is 32.5. The van der Waals surface area contributed by atoms with Crippen molar-refractivity contribution in [2.24, 2.45) is 0 Å². The van der Waals surface area contributed by atoms with Crippen LogP contribution in [0.1, 0.15) is 17.4 Å². The third kappa shape index (κ3) is 7.13. The van der Waals surface area contributed by atoms with Gasteiger partial charge in [0.15, 0.2) is 28.6 Å². The molecule has 0 amide bonds. The van der Waals surface area contributed by atoms with E-state index in [1.807, 2.05) is 48.5 Å². The molecule has 0 aliphatic carbocycles. The number of H-pyrrole nitrogens is 2. The Morgan fingerprint density at radius 1 is 0.848 bits per heavy atom. The Bertz CT molecular complexity index is 2010. The number of hydrogen-bond acceptors (Lipinski definition) is 12. The molecule has 9 N–H and O–H groups in total. The molecular weight excluding hydrogens is 664 g/mol. The number of nitrogens with one attached hydrogen (secondary N) is 2. The SMILES string of the molecule is BrCc1ccccc1.Nc1nc2c(ncn2[C@@H]2O[C@@H](CO)[C@H](O)[C@@H]2O)c(=O)[nH]1.Nc1nc2ncn(Cc3ccccc3)c2c(=O)[nH]1. The van der Waals surface area contributed by atoms with E-state index in [1.54, 1.807) is 10.9 Å². The highest BCUT2D eigenvalue weighted by Crippen LogP contribution is 2.30. The molecule has 0 spiro atoms. The lowest BCUT2D eigenvalue weighted by Crippen LogP contribution is -2.33. The zero-order chi connectivity index (χ0) is 32.8. The Labute approximate surface area is 268 Å². The van der Waals surface area contributed by atoms with Gasteiger partial charge in [-0.05, 0) is 11.1 Å². The van der Waals surface area contributed by atoms with Crippen molar-refractivity contribution >= 4 is 50.2 Å². The van der Waals surface area contributed by atoms with Gasteiger partial charge in [-0.3, -0.25) is 24.1 Å². The summed E-state index contributed by atoms with van der Waals surface area (Å²) in [5.41, 5.74) is 13.5. The summed E-state index contributed by atoms with van der Waals surface area (Å²) >= 11 is 3.36. The summed E-state index contributed by atoms with van der Waals surface area (Å²) in [6.45, 7) is 0.128. The first-order valence-corrected chi connectivity index (χ1v) is 15.0. The van der Waals surface area contributed by atoms with Crippen LogP contribution in [0.5, 0.6) is 0 Å². The van der Waals surface area contributed by atoms with Gasteiger partial charge in [0.2, 0.25) is 11.9 Å². The van der Waals surface area contributed by atoms with Gasteiger partial charge in [-0.15, -0.1) is 0 Å². The fraction of sp³-hybridized carbons (Fsp3) is 0.241. The van der Waals surface area contributed by atoms with Crippen molar-refractivity contribution in [2.75, 3.05) is 18.1 Å². The van der Waals surface area contributed by atoms with Gasteiger partial charge in [0, 0.05) is 11.9 Å².